The molecule has 0 aliphatic rings. The van der Waals surface area contributed by atoms with Gasteiger partial charge in [0.1, 0.15) is 17.9 Å². The minimum atomic E-state index is 0.286. The molecule has 2 aromatic rings. The number of rotatable bonds is 5. The predicted molar refractivity (Wildman–Crippen MR) is 76.8 cm³/mol. The Labute approximate surface area is 113 Å². The summed E-state index contributed by atoms with van der Waals surface area (Å²) in [6.07, 6.45) is 1.53. The van der Waals surface area contributed by atoms with Crippen molar-refractivity contribution in [2.45, 2.75) is 26.7 Å². The van der Waals surface area contributed by atoms with Crippen LogP contribution in [0.5, 0.6) is 11.6 Å². The minimum Gasteiger partial charge on any atom is -0.439 e. The normalized spacial score (nSPS) is 10.5. The summed E-state index contributed by atoms with van der Waals surface area (Å²) in [5.41, 5.74) is 1.01. The van der Waals surface area contributed by atoms with Crippen LogP contribution in [0.25, 0.3) is 0 Å². The molecule has 1 heterocycles. The number of aromatic nitrogens is 2. The Bertz CT molecular complexity index is 526. The van der Waals surface area contributed by atoms with Gasteiger partial charge in [0, 0.05) is 6.54 Å². The van der Waals surface area contributed by atoms with Crippen LogP contribution in [-0.2, 0) is 0 Å². The second-order valence-corrected chi connectivity index (χ2v) is 4.54. The molecular weight excluding hydrogens is 238 g/mol. The molecule has 0 saturated heterocycles. The Morgan fingerprint density at radius 1 is 1.16 bits per heavy atom. The van der Waals surface area contributed by atoms with Gasteiger partial charge in [-0.2, -0.15) is 0 Å². The third-order valence-electron chi connectivity index (χ3n) is 2.73. The number of para-hydroxylation sites is 1. The maximum Gasteiger partial charge on any atom is 0.227 e. The molecule has 2 rings (SSSR count). The van der Waals surface area contributed by atoms with Crippen LogP contribution in [0.1, 0.15) is 32.3 Å². The molecule has 0 unspecified atom stereocenters. The van der Waals surface area contributed by atoms with Crippen LogP contribution in [0.3, 0.4) is 0 Å². The molecule has 0 amide bonds. The van der Waals surface area contributed by atoms with Crippen LogP contribution in [-0.4, -0.2) is 16.5 Å². The van der Waals surface area contributed by atoms with E-state index in [9.17, 15) is 0 Å². The van der Waals surface area contributed by atoms with E-state index in [-0.39, 0.29) is 5.92 Å². The summed E-state index contributed by atoms with van der Waals surface area (Å²) in [5.74, 6) is 2.53. The highest BCUT2D eigenvalue weighted by atomic mass is 16.5. The second-order valence-electron chi connectivity index (χ2n) is 4.54. The topological polar surface area (TPSA) is 47.0 Å². The third-order valence-corrected chi connectivity index (χ3v) is 2.73. The molecule has 0 bridgehead atoms. The molecule has 0 fully saturated rings. The van der Waals surface area contributed by atoms with Crippen molar-refractivity contribution in [3.05, 3.63) is 42.2 Å². The summed E-state index contributed by atoms with van der Waals surface area (Å²) in [6, 6.07) is 9.67. The summed E-state index contributed by atoms with van der Waals surface area (Å²) >= 11 is 0. The molecule has 0 radical (unpaired) electrons. The molecule has 0 spiro atoms. The van der Waals surface area contributed by atoms with E-state index < -0.39 is 0 Å². The summed E-state index contributed by atoms with van der Waals surface area (Å²) in [4.78, 5) is 8.55. The van der Waals surface area contributed by atoms with Gasteiger partial charge in [-0.1, -0.05) is 32.0 Å². The first-order valence-electron chi connectivity index (χ1n) is 6.54. The third kappa shape index (κ3) is 3.22. The van der Waals surface area contributed by atoms with Gasteiger partial charge in [-0.05, 0) is 25.0 Å². The SMILES string of the molecule is CCNc1ncnc(Oc2ccccc2)c1C(C)C. The quantitative estimate of drug-likeness (QED) is 0.884. The first kappa shape index (κ1) is 13.3. The zero-order valence-corrected chi connectivity index (χ0v) is 11.6. The molecule has 0 aliphatic carbocycles. The average Bonchev–Trinajstić information content (AvgIpc) is 2.40. The lowest BCUT2D eigenvalue weighted by molar-refractivity contribution is 0.452. The Morgan fingerprint density at radius 3 is 2.53 bits per heavy atom. The standard InChI is InChI=1S/C15H19N3O/c1-4-16-14-13(11(2)3)15(18-10-17-14)19-12-8-6-5-7-9-12/h5-11H,4H2,1-3H3,(H,16,17,18). The fourth-order valence-electron chi connectivity index (χ4n) is 1.89. The lowest BCUT2D eigenvalue weighted by atomic mass is 10.1. The number of anilines is 1. The van der Waals surface area contributed by atoms with Gasteiger partial charge in [-0.15, -0.1) is 0 Å². The molecule has 0 saturated carbocycles. The van der Waals surface area contributed by atoms with Gasteiger partial charge in [-0.3, -0.25) is 0 Å². The van der Waals surface area contributed by atoms with Crippen LogP contribution < -0.4 is 10.1 Å². The number of nitrogens with zero attached hydrogens (tertiary/aromatic N) is 2. The van der Waals surface area contributed by atoms with E-state index in [0.717, 1.165) is 23.7 Å². The van der Waals surface area contributed by atoms with Crippen LogP contribution in [0.2, 0.25) is 0 Å². The van der Waals surface area contributed by atoms with Crippen molar-refractivity contribution in [1.82, 2.24) is 9.97 Å². The highest BCUT2D eigenvalue weighted by molar-refractivity contribution is 5.51. The van der Waals surface area contributed by atoms with Gasteiger partial charge in [-0.25, -0.2) is 9.97 Å². The van der Waals surface area contributed by atoms with E-state index in [4.69, 9.17) is 4.74 Å². The minimum absolute atomic E-state index is 0.286. The Balaban J connectivity index is 2.36. The van der Waals surface area contributed by atoms with E-state index in [1.807, 2.05) is 37.3 Å². The Hall–Kier alpha value is -2.10. The second kappa shape index (κ2) is 6.18. The Morgan fingerprint density at radius 2 is 1.89 bits per heavy atom. The molecule has 1 aromatic heterocycles. The molecule has 0 atom stereocenters. The van der Waals surface area contributed by atoms with Crippen LogP contribution in [0.15, 0.2) is 36.7 Å². The van der Waals surface area contributed by atoms with Crippen molar-refractivity contribution < 1.29 is 4.74 Å². The van der Waals surface area contributed by atoms with E-state index in [2.05, 4.69) is 29.1 Å². The van der Waals surface area contributed by atoms with E-state index in [1.165, 1.54) is 6.33 Å². The van der Waals surface area contributed by atoms with Gasteiger partial charge >= 0.3 is 0 Å². The van der Waals surface area contributed by atoms with Crippen molar-refractivity contribution >= 4 is 5.82 Å². The largest absolute Gasteiger partial charge is 0.439 e. The lowest BCUT2D eigenvalue weighted by Crippen LogP contribution is -2.07. The molecule has 100 valence electrons. The summed E-state index contributed by atoms with van der Waals surface area (Å²) in [5, 5.41) is 3.25. The van der Waals surface area contributed by atoms with E-state index >= 15 is 0 Å². The van der Waals surface area contributed by atoms with E-state index in [0.29, 0.717) is 5.88 Å². The zero-order chi connectivity index (χ0) is 13.7. The van der Waals surface area contributed by atoms with Gasteiger partial charge in [0.15, 0.2) is 0 Å². The number of nitrogens with one attached hydrogen (secondary N) is 1. The van der Waals surface area contributed by atoms with Gasteiger partial charge in [0.05, 0.1) is 5.56 Å². The summed E-state index contributed by atoms with van der Waals surface area (Å²) in [6.45, 7) is 7.08. The summed E-state index contributed by atoms with van der Waals surface area (Å²) in [7, 11) is 0. The van der Waals surface area contributed by atoms with E-state index in [1.54, 1.807) is 0 Å². The van der Waals surface area contributed by atoms with Crippen LogP contribution >= 0.6 is 0 Å². The maximum atomic E-state index is 5.87. The van der Waals surface area contributed by atoms with Crippen molar-refractivity contribution in [1.29, 1.82) is 0 Å². The van der Waals surface area contributed by atoms with Gasteiger partial charge < -0.3 is 10.1 Å². The highest BCUT2D eigenvalue weighted by Gasteiger charge is 2.16. The van der Waals surface area contributed by atoms with Gasteiger partial charge in [0.2, 0.25) is 5.88 Å². The fraction of sp³-hybridized carbons (Fsp3) is 0.333. The lowest BCUT2D eigenvalue weighted by Gasteiger charge is -2.16. The Kier molecular flexibility index (Phi) is 4.34. The number of hydrogen-bond acceptors (Lipinski definition) is 4. The van der Waals surface area contributed by atoms with Gasteiger partial charge in [0.25, 0.3) is 0 Å². The van der Waals surface area contributed by atoms with Crippen LogP contribution in [0, 0.1) is 0 Å². The molecule has 4 heteroatoms. The number of hydrogen-bond donors (Lipinski definition) is 1. The highest BCUT2D eigenvalue weighted by Crippen LogP contribution is 2.32. The molecule has 1 aromatic carbocycles. The zero-order valence-electron chi connectivity index (χ0n) is 11.6. The first-order chi connectivity index (χ1) is 9.22. The average molecular weight is 257 g/mol. The maximum absolute atomic E-state index is 5.87. The molecule has 4 nitrogen and oxygen atoms in total. The molecule has 0 aliphatic heterocycles. The van der Waals surface area contributed by atoms with Crippen molar-refractivity contribution in [3.8, 4) is 11.6 Å². The predicted octanol–water partition coefficient (Wildman–Crippen LogP) is 3.82. The fourth-order valence-corrected chi connectivity index (χ4v) is 1.89. The van der Waals surface area contributed by atoms with Crippen LogP contribution in [0.4, 0.5) is 5.82 Å². The first-order valence-corrected chi connectivity index (χ1v) is 6.54. The molecule has 19 heavy (non-hydrogen) atoms. The molecular formula is C15H19N3O. The number of benzene rings is 1. The van der Waals surface area contributed by atoms with Crippen molar-refractivity contribution in [2.24, 2.45) is 0 Å². The van der Waals surface area contributed by atoms with Crippen molar-refractivity contribution in [2.75, 3.05) is 11.9 Å². The number of ether oxygens (including phenoxy) is 1. The summed E-state index contributed by atoms with van der Waals surface area (Å²) < 4.78 is 5.87. The van der Waals surface area contributed by atoms with Crippen molar-refractivity contribution in [3.63, 3.8) is 0 Å². The molecule has 1 N–H and O–H groups in total. The smallest absolute Gasteiger partial charge is 0.227 e. The monoisotopic (exact) mass is 257 g/mol.